The lowest BCUT2D eigenvalue weighted by Crippen LogP contribution is -2.17. The Bertz CT molecular complexity index is 1400. The summed E-state index contributed by atoms with van der Waals surface area (Å²) in [6, 6.07) is 18.4. The van der Waals surface area contributed by atoms with Crippen molar-refractivity contribution in [3.05, 3.63) is 71.0 Å². The van der Waals surface area contributed by atoms with Crippen LogP contribution in [-0.4, -0.2) is 25.1 Å². The van der Waals surface area contributed by atoms with E-state index >= 15 is 0 Å². The van der Waals surface area contributed by atoms with Gasteiger partial charge in [0.1, 0.15) is 0 Å². The number of nitrogens with zero attached hydrogens (tertiary/aromatic N) is 2. The van der Waals surface area contributed by atoms with Gasteiger partial charge in [-0.25, -0.2) is 8.42 Å². The quantitative estimate of drug-likeness (QED) is 0.512. The van der Waals surface area contributed by atoms with Gasteiger partial charge in [-0.05, 0) is 30.5 Å². The molecule has 5 nitrogen and oxygen atoms in total. The molecule has 1 amide bonds. The predicted octanol–water partition coefficient (Wildman–Crippen LogP) is 4.02. The van der Waals surface area contributed by atoms with Crippen LogP contribution in [0.15, 0.2) is 70.6 Å². The Labute approximate surface area is 166 Å². The molecule has 0 bridgehead atoms. The van der Waals surface area contributed by atoms with Crippen molar-refractivity contribution in [1.82, 2.24) is 4.57 Å². The summed E-state index contributed by atoms with van der Waals surface area (Å²) in [6.07, 6.45) is 1.09. The summed E-state index contributed by atoms with van der Waals surface area (Å²) in [4.78, 5) is 17.7. The van der Waals surface area contributed by atoms with E-state index in [1.165, 1.54) is 23.5 Å². The number of fused-ring (bicyclic) bond motifs is 3. The van der Waals surface area contributed by atoms with E-state index in [-0.39, 0.29) is 10.5 Å². The minimum atomic E-state index is -3.52. The number of amides is 1. The van der Waals surface area contributed by atoms with Gasteiger partial charge in [-0.1, -0.05) is 53.8 Å². The second kappa shape index (κ2) is 7.00. The van der Waals surface area contributed by atoms with Crippen molar-refractivity contribution in [1.29, 1.82) is 0 Å². The van der Waals surface area contributed by atoms with Gasteiger partial charge in [-0.15, -0.1) is 0 Å². The number of hydrogen-bond acceptors (Lipinski definition) is 4. The zero-order chi connectivity index (χ0) is 19.9. The van der Waals surface area contributed by atoms with Gasteiger partial charge in [0, 0.05) is 18.2 Å². The summed E-state index contributed by atoms with van der Waals surface area (Å²) in [5.41, 5.74) is 1.10. The van der Waals surface area contributed by atoms with Gasteiger partial charge in [0.25, 0.3) is 5.91 Å². The Morgan fingerprint density at radius 2 is 1.75 bits per heavy atom. The highest BCUT2D eigenvalue weighted by atomic mass is 32.2. The van der Waals surface area contributed by atoms with Gasteiger partial charge in [-0.2, -0.15) is 4.99 Å². The standard InChI is InChI=1S/C21H18N2O3S2/c1-3-23-17-13-12-14-8-4-5-9-15(14)19(17)27-21(23)22-20(24)16-10-6-7-11-18(16)28(2,25)26/h4-13H,3H2,1-2H3. The van der Waals surface area contributed by atoms with E-state index in [0.717, 1.165) is 27.2 Å². The lowest BCUT2D eigenvalue weighted by atomic mass is 10.1. The van der Waals surface area contributed by atoms with Crippen molar-refractivity contribution in [2.24, 2.45) is 4.99 Å². The first-order valence-electron chi connectivity index (χ1n) is 8.79. The molecule has 0 saturated heterocycles. The third-order valence-corrected chi connectivity index (χ3v) is 6.89. The van der Waals surface area contributed by atoms with E-state index in [0.29, 0.717) is 11.3 Å². The van der Waals surface area contributed by atoms with E-state index < -0.39 is 15.7 Å². The van der Waals surface area contributed by atoms with Crippen LogP contribution in [0.4, 0.5) is 0 Å². The van der Waals surface area contributed by atoms with Crippen LogP contribution in [0.2, 0.25) is 0 Å². The van der Waals surface area contributed by atoms with Crippen LogP contribution in [0.5, 0.6) is 0 Å². The van der Waals surface area contributed by atoms with Gasteiger partial charge in [0.05, 0.1) is 20.7 Å². The SMILES string of the molecule is CCn1c(=NC(=O)c2ccccc2S(C)(=O)=O)sc2c3ccccc3ccc21. The molecule has 0 aliphatic heterocycles. The van der Waals surface area contributed by atoms with Gasteiger partial charge in [-0.3, -0.25) is 4.79 Å². The number of carbonyl (C=O) groups excluding carboxylic acids is 1. The number of aryl methyl sites for hydroxylation is 1. The molecule has 0 radical (unpaired) electrons. The molecule has 7 heteroatoms. The fraction of sp³-hybridized carbons (Fsp3) is 0.143. The molecule has 4 rings (SSSR count). The highest BCUT2D eigenvalue weighted by Gasteiger charge is 2.18. The average Bonchev–Trinajstić information content (AvgIpc) is 3.04. The van der Waals surface area contributed by atoms with Crippen LogP contribution in [-0.2, 0) is 16.4 Å². The summed E-state index contributed by atoms with van der Waals surface area (Å²) < 4.78 is 27.1. The Morgan fingerprint density at radius 1 is 1.04 bits per heavy atom. The maximum atomic E-state index is 12.9. The van der Waals surface area contributed by atoms with Gasteiger partial charge in [0.15, 0.2) is 14.6 Å². The molecule has 142 valence electrons. The molecule has 0 aliphatic carbocycles. The molecule has 0 aliphatic rings. The highest BCUT2D eigenvalue weighted by Crippen LogP contribution is 2.27. The molecular formula is C21H18N2O3S2. The summed E-state index contributed by atoms with van der Waals surface area (Å²) in [5, 5.41) is 2.23. The fourth-order valence-electron chi connectivity index (χ4n) is 3.30. The number of sulfone groups is 1. The number of rotatable bonds is 3. The summed E-state index contributed by atoms with van der Waals surface area (Å²) >= 11 is 1.44. The van der Waals surface area contributed by atoms with E-state index in [4.69, 9.17) is 0 Å². The Balaban J connectivity index is 1.96. The van der Waals surface area contributed by atoms with Crippen LogP contribution >= 0.6 is 11.3 Å². The molecule has 0 saturated carbocycles. The van der Waals surface area contributed by atoms with E-state index in [1.807, 2.05) is 29.7 Å². The van der Waals surface area contributed by atoms with E-state index in [1.54, 1.807) is 12.1 Å². The van der Waals surface area contributed by atoms with Crippen LogP contribution in [0.3, 0.4) is 0 Å². The normalized spacial score (nSPS) is 12.7. The lowest BCUT2D eigenvalue weighted by Gasteiger charge is -2.04. The van der Waals surface area contributed by atoms with E-state index in [2.05, 4.69) is 23.2 Å². The first-order chi connectivity index (χ1) is 13.4. The Morgan fingerprint density at radius 3 is 2.50 bits per heavy atom. The van der Waals surface area contributed by atoms with Crippen molar-refractivity contribution < 1.29 is 13.2 Å². The van der Waals surface area contributed by atoms with Crippen molar-refractivity contribution in [2.45, 2.75) is 18.4 Å². The average molecular weight is 411 g/mol. The Hall–Kier alpha value is -2.77. The van der Waals surface area contributed by atoms with Crippen molar-refractivity contribution in [3.63, 3.8) is 0 Å². The van der Waals surface area contributed by atoms with Crippen molar-refractivity contribution in [3.8, 4) is 0 Å². The molecule has 0 fully saturated rings. The van der Waals surface area contributed by atoms with Gasteiger partial charge < -0.3 is 4.57 Å². The molecule has 1 heterocycles. The molecule has 0 spiro atoms. The zero-order valence-corrected chi connectivity index (χ0v) is 17.0. The molecule has 0 unspecified atom stereocenters. The monoisotopic (exact) mass is 410 g/mol. The molecule has 0 N–H and O–H groups in total. The van der Waals surface area contributed by atoms with Crippen LogP contribution < -0.4 is 4.80 Å². The van der Waals surface area contributed by atoms with Gasteiger partial charge >= 0.3 is 0 Å². The second-order valence-electron chi connectivity index (χ2n) is 6.45. The van der Waals surface area contributed by atoms with Crippen molar-refractivity contribution in [2.75, 3.05) is 6.26 Å². The second-order valence-corrected chi connectivity index (χ2v) is 9.41. The number of carbonyl (C=O) groups is 1. The van der Waals surface area contributed by atoms with Crippen LogP contribution in [0, 0.1) is 0 Å². The minimum Gasteiger partial charge on any atom is -0.317 e. The topological polar surface area (TPSA) is 68.5 Å². The van der Waals surface area contributed by atoms with Gasteiger partial charge in [0.2, 0.25) is 0 Å². The van der Waals surface area contributed by atoms with E-state index in [9.17, 15) is 13.2 Å². The lowest BCUT2D eigenvalue weighted by molar-refractivity contribution is 0.0994. The maximum absolute atomic E-state index is 12.9. The minimum absolute atomic E-state index is 0.00152. The number of aromatic nitrogens is 1. The number of hydrogen-bond donors (Lipinski definition) is 0. The Kier molecular flexibility index (Phi) is 4.64. The van der Waals surface area contributed by atoms with Crippen LogP contribution in [0.25, 0.3) is 21.0 Å². The first-order valence-corrected chi connectivity index (χ1v) is 11.5. The summed E-state index contributed by atoms with van der Waals surface area (Å²) in [6.45, 7) is 2.65. The predicted molar refractivity (Wildman–Crippen MR) is 112 cm³/mol. The number of thiazole rings is 1. The molecule has 4 aromatic rings. The molecule has 0 atom stereocenters. The fourth-order valence-corrected chi connectivity index (χ4v) is 5.41. The highest BCUT2D eigenvalue weighted by molar-refractivity contribution is 7.90. The van der Waals surface area contributed by atoms with Crippen molar-refractivity contribution >= 4 is 48.1 Å². The third-order valence-electron chi connectivity index (χ3n) is 4.60. The largest absolute Gasteiger partial charge is 0.317 e. The first kappa shape index (κ1) is 18.6. The summed E-state index contributed by atoms with van der Waals surface area (Å²) in [5.74, 6) is -0.556. The summed E-state index contributed by atoms with van der Waals surface area (Å²) in [7, 11) is -3.52. The number of benzene rings is 3. The molecule has 1 aromatic heterocycles. The zero-order valence-electron chi connectivity index (χ0n) is 15.4. The smallest absolute Gasteiger partial charge is 0.280 e. The maximum Gasteiger partial charge on any atom is 0.280 e. The molecule has 28 heavy (non-hydrogen) atoms. The molecular weight excluding hydrogens is 392 g/mol. The van der Waals surface area contributed by atoms with Crippen LogP contribution in [0.1, 0.15) is 17.3 Å². The molecule has 3 aromatic carbocycles. The third kappa shape index (κ3) is 3.16.